The fourth-order valence-corrected chi connectivity index (χ4v) is 4.69. The summed E-state index contributed by atoms with van der Waals surface area (Å²) in [6.45, 7) is 4.48. The average Bonchev–Trinajstić information content (AvgIpc) is 3.26. The lowest BCUT2D eigenvalue weighted by Gasteiger charge is -2.10. The third kappa shape index (κ3) is 5.90. The minimum Gasteiger partial charge on any atom is -0.352 e. The molecule has 1 aromatic carbocycles. The summed E-state index contributed by atoms with van der Waals surface area (Å²) in [5.74, 6) is 0.311. The number of rotatable bonds is 7. The molecule has 27 heavy (non-hydrogen) atoms. The summed E-state index contributed by atoms with van der Waals surface area (Å²) in [4.78, 5) is 28.1. The number of thiazole rings is 1. The van der Waals surface area contributed by atoms with Crippen molar-refractivity contribution >= 4 is 47.1 Å². The standard InChI is InChI=1S/C17H20N4O3S2.ClH/c1-11-10-25-17(20-11)26-15-3-2-13(8-14(15)21(23)24)16(22)19-7-5-12-4-6-18-9-12;/h2-3,8,10,12,18H,4-7,9H2,1H3,(H,19,22);1H. The summed E-state index contributed by atoms with van der Waals surface area (Å²) in [7, 11) is 0. The SMILES string of the molecule is Cc1csc(Sc2ccc(C(=O)NCCC3CCNC3)cc2[N+](=O)[O-])n1.Cl. The molecular formula is C17H21ClN4O3S2. The Balaban J connectivity index is 0.00000261. The molecule has 3 rings (SSSR count). The van der Waals surface area contributed by atoms with Crippen molar-refractivity contribution in [3.63, 3.8) is 0 Å². The van der Waals surface area contributed by atoms with Crippen LogP contribution in [0.4, 0.5) is 5.69 Å². The molecule has 1 aliphatic heterocycles. The maximum absolute atomic E-state index is 12.3. The number of nitrogens with zero attached hydrogens (tertiary/aromatic N) is 2. The Morgan fingerprint density at radius 3 is 2.96 bits per heavy atom. The highest BCUT2D eigenvalue weighted by molar-refractivity contribution is 8.01. The van der Waals surface area contributed by atoms with Crippen LogP contribution < -0.4 is 10.6 Å². The van der Waals surface area contributed by atoms with Gasteiger partial charge in [0.05, 0.1) is 9.82 Å². The molecule has 0 aliphatic carbocycles. The number of carbonyl (C=O) groups is 1. The first-order valence-corrected chi connectivity index (χ1v) is 10.1. The van der Waals surface area contributed by atoms with Gasteiger partial charge in [0.25, 0.3) is 11.6 Å². The van der Waals surface area contributed by atoms with Crippen molar-refractivity contribution in [2.45, 2.75) is 29.0 Å². The van der Waals surface area contributed by atoms with E-state index in [0.29, 0.717) is 22.9 Å². The van der Waals surface area contributed by atoms with E-state index in [2.05, 4.69) is 15.6 Å². The number of aromatic nitrogens is 1. The molecule has 1 unspecified atom stereocenters. The average molecular weight is 429 g/mol. The molecule has 10 heteroatoms. The van der Waals surface area contributed by atoms with E-state index in [9.17, 15) is 14.9 Å². The molecule has 2 aromatic rings. The van der Waals surface area contributed by atoms with Gasteiger partial charge in [-0.3, -0.25) is 14.9 Å². The number of hydrogen-bond donors (Lipinski definition) is 2. The monoisotopic (exact) mass is 428 g/mol. The second-order valence-electron chi connectivity index (χ2n) is 6.20. The number of nitro benzene ring substituents is 1. The van der Waals surface area contributed by atoms with Gasteiger partial charge in [0.1, 0.15) is 0 Å². The Morgan fingerprint density at radius 1 is 1.52 bits per heavy atom. The van der Waals surface area contributed by atoms with Gasteiger partial charge in [0.2, 0.25) is 0 Å². The highest BCUT2D eigenvalue weighted by Gasteiger charge is 2.20. The normalized spacial score (nSPS) is 16.0. The van der Waals surface area contributed by atoms with E-state index in [0.717, 1.165) is 36.0 Å². The lowest BCUT2D eigenvalue weighted by Crippen LogP contribution is -2.26. The maximum atomic E-state index is 12.3. The third-order valence-electron chi connectivity index (χ3n) is 4.21. The first-order chi connectivity index (χ1) is 12.5. The zero-order valence-electron chi connectivity index (χ0n) is 14.8. The van der Waals surface area contributed by atoms with E-state index in [4.69, 9.17) is 0 Å². The van der Waals surface area contributed by atoms with Gasteiger partial charge >= 0.3 is 0 Å². The van der Waals surface area contributed by atoms with Crippen LogP contribution in [0.15, 0.2) is 32.8 Å². The fourth-order valence-electron chi connectivity index (χ4n) is 2.81. The topological polar surface area (TPSA) is 97.2 Å². The predicted octanol–water partition coefficient (Wildman–Crippen LogP) is 3.66. The molecule has 1 atom stereocenters. The molecule has 1 saturated heterocycles. The molecular weight excluding hydrogens is 408 g/mol. The van der Waals surface area contributed by atoms with Gasteiger partial charge in [0.15, 0.2) is 4.34 Å². The zero-order chi connectivity index (χ0) is 18.5. The lowest BCUT2D eigenvalue weighted by molar-refractivity contribution is -0.387. The summed E-state index contributed by atoms with van der Waals surface area (Å²) >= 11 is 2.69. The van der Waals surface area contributed by atoms with E-state index in [1.165, 1.54) is 29.2 Å². The van der Waals surface area contributed by atoms with Crippen molar-refractivity contribution in [3.8, 4) is 0 Å². The smallest absolute Gasteiger partial charge is 0.284 e. The quantitative estimate of drug-likeness (QED) is 0.516. The Morgan fingerprint density at radius 2 is 2.33 bits per heavy atom. The zero-order valence-corrected chi connectivity index (χ0v) is 17.2. The van der Waals surface area contributed by atoms with Gasteiger partial charge in [-0.2, -0.15) is 0 Å². The molecule has 0 radical (unpaired) electrons. The van der Waals surface area contributed by atoms with Gasteiger partial charge in [0, 0.05) is 29.2 Å². The van der Waals surface area contributed by atoms with Crippen molar-refractivity contribution in [1.82, 2.24) is 15.6 Å². The van der Waals surface area contributed by atoms with Crippen LogP contribution in [0.25, 0.3) is 0 Å². The molecule has 2 heterocycles. The molecule has 146 valence electrons. The van der Waals surface area contributed by atoms with Crippen molar-refractivity contribution in [3.05, 3.63) is 45.0 Å². The van der Waals surface area contributed by atoms with E-state index < -0.39 is 4.92 Å². The van der Waals surface area contributed by atoms with Gasteiger partial charge in [-0.1, -0.05) is 11.8 Å². The van der Waals surface area contributed by atoms with E-state index in [-0.39, 0.29) is 24.0 Å². The molecule has 1 amide bonds. The molecule has 1 fully saturated rings. The van der Waals surface area contributed by atoms with E-state index in [1.807, 2.05) is 12.3 Å². The maximum Gasteiger partial charge on any atom is 0.284 e. The minimum atomic E-state index is -0.455. The van der Waals surface area contributed by atoms with Crippen LogP contribution in [0.5, 0.6) is 0 Å². The number of amides is 1. The first-order valence-electron chi connectivity index (χ1n) is 8.40. The van der Waals surface area contributed by atoms with Crippen LogP contribution in [-0.2, 0) is 0 Å². The Kier molecular flexibility index (Phi) is 8.03. The Labute approximate surface area is 171 Å². The largest absolute Gasteiger partial charge is 0.352 e. The number of hydrogen-bond acceptors (Lipinski definition) is 7. The number of nitro groups is 1. The number of halogens is 1. The second kappa shape index (κ2) is 10.0. The van der Waals surface area contributed by atoms with Crippen molar-refractivity contribution in [1.29, 1.82) is 0 Å². The van der Waals surface area contributed by atoms with Gasteiger partial charge in [-0.15, -0.1) is 23.7 Å². The molecule has 2 N–H and O–H groups in total. The number of nitrogens with one attached hydrogen (secondary N) is 2. The van der Waals surface area contributed by atoms with Gasteiger partial charge in [-0.05, 0) is 50.9 Å². The summed E-state index contributed by atoms with van der Waals surface area (Å²) in [6.07, 6.45) is 2.04. The van der Waals surface area contributed by atoms with Crippen molar-refractivity contribution in [2.75, 3.05) is 19.6 Å². The summed E-state index contributed by atoms with van der Waals surface area (Å²) in [5.41, 5.74) is 1.12. The van der Waals surface area contributed by atoms with Crippen molar-refractivity contribution in [2.24, 2.45) is 5.92 Å². The first kappa shape index (κ1) is 21.6. The molecule has 0 bridgehead atoms. The van der Waals surface area contributed by atoms with Crippen LogP contribution in [0.2, 0.25) is 0 Å². The Hall–Kier alpha value is -1.68. The van der Waals surface area contributed by atoms with E-state index >= 15 is 0 Å². The van der Waals surface area contributed by atoms with Crippen LogP contribution >= 0.6 is 35.5 Å². The third-order valence-corrected chi connectivity index (χ3v) is 6.34. The summed E-state index contributed by atoms with van der Waals surface area (Å²) in [6, 6.07) is 4.59. The molecule has 0 spiro atoms. The van der Waals surface area contributed by atoms with Crippen LogP contribution in [-0.4, -0.2) is 35.4 Å². The highest BCUT2D eigenvalue weighted by atomic mass is 35.5. The van der Waals surface area contributed by atoms with Gasteiger partial charge < -0.3 is 10.6 Å². The predicted molar refractivity (Wildman–Crippen MR) is 109 cm³/mol. The fraction of sp³-hybridized carbons (Fsp3) is 0.412. The van der Waals surface area contributed by atoms with E-state index in [1.54, 1.807) is 12.1 Å². The van der Waals surface area contributed by atoms with Crippen molar-refractivity contribution < 1.29 is 9.72 Å². The number of benzene rings is 1. The van der Waals surface area contributed by atoms with Crippen LogP contribution in [0.3, 0.4) is 0 Å². The molecule has 0 saturated carbocycles. The Bertz CT molecular complexity index is 809. The summed E-state index contributed by atoms with van der Waals surface area (Å²) < 4.78 is 0.743. The summed E-state index contributed by atoms with van der Waals surface area (Å²) in [5, 5.41) is 19.5. The van der Waals surface area contributed by atoms with Crippen LogP contribution in [0.1, 0.15) is 28.9 Å². The second-order valence-corrected chi connectivity index (χ2v) is 8.35. The molecule has 1 aliphatic rings. The molecule has 7 nitrogen and oxygen atoms in total. The highest BCUT2D eigenvalue weighted by Crippen LogP contribution is 2.36. The van der Waals surface area contributed by atoms with Crippen LogP contribution in [0, 0.1) is 23.0 Å². The lowest BCUT2D eigenvalue weighted by atomic mass is 10.1. The number of carbonyl (C=O) groups excluding carboxylic acids is 1. The number of aryl methyl sites for hydroxylation is 1. The minimum absolute atomic E-state index is 0. The van der Waals surface area contributed by atoms with Gasteiger partial charge in [-0.25, -0.2) is 4.98 Å². The molecule has 1 aromatic heterocycles.